The Morgan fingerprint density at radius 2 is 1.76 bits per heavy atom. The average molecular weight is 369 g/mol. The van der Waals surface area contributed by atoms with E-state index in [0.717, 1.165) is 29.0 Å². The van der Waals surface area contributed by atoms with Gasteiger partial charge in [0.25, 0.3) is 0 Å². The second-order valence-corrected chi connectivity index (χ2v) is 6.69. The number of hydrogen-bond donors (Lipinski definition) is 1. The van der Waals surface area contributed by atoms with E-state index in [1.165, 1.54) is 23.3 Å². The average Bonchev–Trinajstić information content (AvgIpc) is 2.51. The molecule has 4 heteroatoms. The molecule has 1 fully saturated rings. The molecule has 1 saturated heterocycles. The Bertz CT molecular complexity index is 629. The van der Waals surface area contributed by atoms with Gasteiger partial charge in [-0.25, -0.2) is 4.39 Å². The van der Waals surface area contributed by atoms with Crippen molar-refractivity contribution >= 4 is 27.5 Å². The lowest BCUT2D eigenvalue weighted by Crippen LogP contribution is -2.34. The molecular weight excluding hydrogens is 353 g/mol. The van der Waals surface area contributed by atoms with Crippen LogP contribution in [0.3, 0.4) is 0 Å². The lowest BCUT2D eigenvalue weighted by Gasteiger charge is -2.33. The Morgan fingerprint density at radius 3 is 2.48 bits per heavy atom. The van der Waals surface area contributed by atoms with Crippen molar-refractivity contribution in [1.29, 1.82) is 0 Å². The van der Waals surface area contributed by atoms with Gasteiger partial charge in [0.1, 0.15) is 5.82 Å². The zero-order chi connectivity index (χ0) is 14.8. The predicted octanol–water partition coefficient (Wildman–Crippen LogP) is 5.10. The molecule has 0 aliphatic carbocycles. The summed E-state index contributed by atoms with van der Waals surface area (Å²) in [5.74, 6) is 0.560. The largest absolute Gasteiger partial charge is 0.316 e. The molecule has 1 heterocycles. The summed E-state index contributed by atoms with van der Waals surface area (Å²) in [6.45, 7) is 1.90. The van der Waals surface area contributed by atoms with E-state index in [4.69, 9.17) is 11.6 Å². The van der Waals surface area contributed by atoms with Gasteiger partial charge in [-0.15, -0.1) is 0 Å². The first kappa shape index (κ1) is 15.0. The molecule has 2 aromatic rings. The smallest absolute Gasteiger partial charge is 0.123 e. The summed E-state index contributed by atoms with van der Waals surface area (Å²) in [7, 11) is 0. The minimum absolute atomic E-state index is 0.189. The Hall–Kier alpha value is -0.900. The molecule has 0 saturated carbocycles. The van der Waals surface area contributed by atoms with Gasteiger partial charge in [-0.2, -0.15) is 0 Å². The van der Waals surface area contributed by atoms with Crippen molar-refractivity contribution in [3.8, 4) is 0 Å². The zero-order valence-electron chi connectivity index (χ0n) is 11.5. The van der Waals surface area contributed by atoms with E-state index in [2.05, 4.69) is 27.3 Å². The predicted molar refractivity (Wildman–Crippen MR) is 88.5 cm³/mol. The second-order valence-electron chi connectivity index (χ2n) is 5.43. The second kappa shape index (κ2) is 6.47. The van der Waals surface area contributed by atoms with Crippen molar-refractivity contribution in [2.75, 3.05) is 13.1 Å². The van der Waals surface area contributed by atoms with Crippen molar-refractivity contribution < 1.29 is 4.39 Å². The molecule has 2 atom stereocenters. The fourth-order valence-electron chi connectivity index (χ4n) is 3.06. The summed E-state index contributed by atoms with van der Waals surface area (Å²) in [5, 5.41) is 4.18. The maximum atomic E-state index is 13.1. The number of rotatable bonds is 2. The number of piperidine rings is 1. The van der Waals surface area contributed by atoms with Crippen LogP contribution in [-0.4, -0.2) is 13.1 Å². The molecule has 110 valence electrons. The Morgan fingerprint density at radius 1 is 1.05 bits per heavy atom. The van der Waals surface area contributed by atoms with E-state index in [9.17, 15) is 4.39 Å². The topological polar surface area (TPSA) is 12.0 Å². The maximum absolute atomic E-state index is 13.1. The van der Waals surface area contributed by atoms with Crippen LogP contribution in [0, 0.1) is 5.82 Å². The molecule has 0 bridgehead atoms. The number of halogens is 3. The Kier molecular flexibility index (Phi) is 4.63. The highest BCUT2D eigenvalue weighted by atomic mass is 79.9. The van der Waals surface area contributed by atoms with Crippen LogP contribution in [0.1, 0.15) is 29.4 Å². The van der Waals surface area contributed by atoms with Crippen LogP contribution in [0.2, 0.25) is 5.02 Å². The van der Waals surface area contributed by atoms with E-state index in [-0.39, 0.29) is 5.82 Å². The van der Waals surface area contributed by atoms with Crippen LogP contribution < -0.4 is 5.32 Å². The lowest BCUT2D eigenvalue weighted by atomic mass is 9.77. The third kappa shape index (κ3) is 3.31. The summed E-state index contributed by atoms with van der Waals surface area (Å²) in [5.41, 5.74) is 2.42. The fraction of sp³-hybridized carbons (Fsp3) is 0.294. The van der Waals surface area contributed by atoms with Crippen LogP contribution in [0.5, 0.6) is 0 Å². The molecule has 0 aromatic heterocycles. The summed E-state index contributed by atoms with van der Waals surface area (Å²) in [6, 6.07) is 13.0. The molecule has 0 amide bonds. The van der Waals surface area contributed by atoms with E-state index >= 15 is 0 Å². The van der Waals surface area contributed by atoms with Gasteiger partial charge in [-0.1, -0.05) is 29.8 Å². The minimum Gasteiger partial charge on any atom is -0.316 e. The van der Waals surface area contributed by atoms with Gasteiger partial charge in [0.2, 0.25) is 0 Å². The first-order valence-electron chi connectivity index (χ1n) is 7.06. The van der Waals surface area contributed by atoms with Crippen molar-refractivity contribution in [3.05, 3.63) is 68.9 Å². The standard InChI is InChI=1S/C17H16BrClFN/c18-16-6-3-12(9-17(16)19)14-7-8-21-10-15(14)11-1-4-13(20)5-2-11/h1-6,9,14-15,21H,7-8,10H2. The van der Waals surface area contributed by atoms with E-state index in [1.54, 1.807) is 0 Å². The normalized spacial score (nSPS) is 22.2. The lowest BCUT2D eigenvalue weighted by molar-refractivity contribution is 0.404. The maximum Gasteiger partial charge on any atom is 0.123 e. The van der Waals surface area contributed by atoms with Crippen LogP contribution in [0.25, 0.3) is 0 Å². The Labute approximate surface area is 137 Å². The van der Waals surface area contributed by atoms with Crippen LogP contribution >= 0.6 is 27.5 Å². The molecule has 3 rings (SSSR count). The minimum atomic E-state index is -0.189. The highest BCUT2D eigenvalue weighted by molar-refractivity contribution is 9.10. The molecule has 2 unspecified atom stereocenters. The molecule has 1 N–H and O–H groups in total. The van der Waals surface area contributed by atoms with Crippen molar-refractivity contribution in [2.24, 2.45) is 0 Å². The van der Waals surface area contributed by atoms with Crippen LogP contribution in [0.15, 0.2) is 46.9 Å². The highest BCUT2D eigenvalue weighted by Gasteiger charge is 2.28. The molecule has 1 aliphatic rings. The summed E-state index contributed by atoms with van der Waals surface area (Å²) in [4.78, 5) is 0. The summed E-state index contributed by atoms with van der Waals surface area (Å²) in [6.07, 6.45) is 1.06. The molecule has 1 aliphatic heterocycles. The first-order valence-corrected chi connectivity index (χ1v) is 8.23. The number of hydrogen-bond acceptors (Lipinski definition) is 1. The fourth-order valence-corrected chi connectivity index (χ4v) is 3.50. The zero-order valence-corrected chi connectivity index (χ0v) is 13.8. The summed E-state index contributed by atoms with van der Waals surface area (Å²) < 4.78 is 14.0. The SMILES string of the molecule is Fc1ccc(C2CNCCC2c2ccc(Br)c(Cl)c2)cc1. The molecule has 2 aromatic carbocycles. The number of nitrogens with one attached hydrogen (secondary N) is 1. The molecule has 21 heavy (non-hydrogen) atoms. The van der Waals surface area contributed by atoms with Gasteiger partial charge < -0.3 is 5.32 Å². The van der Waals surface area contributed by atoms with E-state index in [0.29, 0.717) is 11.8 Å². The molecular formula is C17H16BrClFN. The van der Waals surface area contributed by atoms with Gasteiger partial charge in [0, 0.05) is 16.9 Å². The van der Waals surface area contributed by atoms with E-state index < -0.39 is 0 Å². The monoisotopic (exact) mass is 367 g/mol. The first-order chi connectivity index (χ1) is 10.1. The third-order valence-corrected chi connectivity index (χ3v) is 5.38. The third-order valence-electron chi connectivity index (χ3n) is 4.15. The van der Waals surface area contributed by atoms with Gasteiger partial charge in [-0.3, -0.25) is 0 Å². The van der Waals surface area contributed by atoms with Gasteiger partial charge in [-0.05, 0) is 70.2 Å². The molecule has 0 spiro atoms. The highest BCUT2D eigenvalue weighted by Crippen LogP contribution is 2.39. The molecule has 0 radical (unpaired) electrons. The van der Waals surface area contributed by atoms with Crippen molar-refractivity contribution in [3.63, 3.8) is 0 Å². The quantitative estimate of drug-likeness (QED) is 0.777. The number of benzene rings is 2. The Balaban J connectivity index is 1.94. The van der Waals surface area contributed by atoms with Crippen LogP contribution in [-0.2, 0) is 0 Å². The van der Waals surface area contributed by atoms with Gasteiger partial charge >= 0.3 is 0 Å². The van der Waals surface area contributed by atoms with Crippen molar-refractivity contribution in [1.82, 2.24) is 5.32 Å². The summed E-state index contributed by atoms with van der Waals surface area (Å²) >= 11 is 9.67. The van der Waals surface area contributed by atoms with Crippen molar-refractivity contribution in [2.45, 2.75) is 18.3 Å². The van der Waals surface area contributed by atoms with Gasteiger partial charge in [0.05, 0.1) is 5.02 Å². The molecule has 1 nitrogen and oxygen atoms in total. The van der Waals surface area contributed by atoms with Crippen LogP contribution in [0.4, 0.5) is 4.39 Å². The van der Waals surface area contributed by atoms with E-state index in [1.807, 2.05) is 24.3 Å². The van der Waals surface area contributed by atoms with Gasteiger partial charge in [0.15, 0.2) is 0 Å².